The van der Waals surface area contributed by atoms with Gasteiger partial charge in [-0.3, -0.25) is 9.78 Å². The van der Waals surface area contributed by atoms with Gasteiger partial charge in [-0.1, -0.05) is 0 Å². The minimum Gasteiger partial charge on any atom is -0.366 e. The van der Waals surface area contributed by atoms with Gasteiger partial charge < -0.3 is 5.73 Å². The minimum atomic E-state index is -0.653. The second-order valence-electron chi connectivity index (χ2n) is 2.94. The number of hydrogen-bond donors (Lipinski definition) is 2. The lowest BCUT2D eigenvalue weighted by atomic mass is 10.1. The van der Waals surface area contributed by atoms with Gasteiger partial charge in [0.2, 0.25) is 6.33 Å². The summed E-state index contributed by atoms with van der Waals surface area (Å²) < 4.78 is 1.73. The molecule has 0 atom stereocenters. The van der Waals surface area contributed by atoms with Crippen LogP contribution in [-0.2, 0) is 10.3 Å². The molecule has 0 aliphatic heterocycles. The van der Waals surface area contributed by atoms with E-state index >= 15 is 0 Å². The first-order valence-corrected chi connectivity index (χ1v) is 3.39. The standard InChI is InChI=1S/C7H11N3O/c1-7(2,6(8)11)10-4-3-9-5-10/h3-5H,1-2H3,(H2,8,11)/p+1. The van der Waals surface area contributed by atoms with E-state index < -0.39 is 5.54 Å². The van der Waals surface area contributed by atoms with Gasteiger partial charge in [-0.25, -0.2) is 4.57 Å². The Balaban J connectivity index is 3.00. The monoisotopic (exact) mass is 154 g/mol. The Kier molecular flexibility index (Phi) is 1.68. The number of hydrogen-bond acceptors (Lipinski definition) is 1. The van der Waals surface area contributed by atoms with Gasteiger partial charge in [-0.15, -0.1) is 0 Å². The van der Waals surface area contributed by atoms with E-state index in [1.807, 2.05) is 0 Å². The van der Waals surface area contributed by atoms with Gasteiger partial charge in [0.05, 0.1) is 0 Å². The quantitative estimate of drug-likeness (QED) is 0.555. The minimum absolute atomic E-state index is 0.345. The molecule has 0 spiro atoms. The largest absolute Gasteiger partial charge is 0.366 e. The first-order chi connectivity index (χ1) is 5.05. The lowest BCUT2D eigenvalue weighted by molar-refractivity contribution is -0.740. The highest BCUT2D eigenvalue weighted by Crippen LogP contribution is 2.02. The van der Waals surface area contributed by atoms with E-state index in [9.17, 15) is 4.79 Å². The molecule has 0 saturated carbocycles. The molecule has 0 radical (unpaired) electrons. The molecule has 60 valence electrons. The maximum atomic E-state index is 10.9. The van der Waals surface area contributed by atoms with Crippen LogP contribution in [0.25, 0.3) is 0 Å². The molecule has 1 amide bonds. The zero-order chi connectivity index (χ0) is 8.48. The average Bonchev–Trinajstić information content (AvgIpc) is 2.37. The SMILES string of the molecule is CC(C)(C(N)=O)[n+]1cc[nH]c1. The van der Waals surface area contributed by atoms with Gasteiger partial charge in [-0.2, -0.15) is 0 Å². The summed E-state index contributed by atoms with van der Waals surface area (Å²) >= 11 is 0. The summed E-state index contributed by atoms with van der Waals surface area (Å²) in [7, 11) is 0. The number of amides is 1. The van der Waals surface area contributed by atoms with Gasteiger partial charge in [0.1, 0.15) is 12.4 Å². The molecule has 1 heterocycles. The van der Waals surface area contributed by atoms with Crippen LogP contribution in [0.4, 0.5) is 0 Å². The van der Waals surface area contributed by atoms with Crippen LogP contribution < -0.4 is 10.3 Å². The van der Waals surface area contributed by atoms with Crippen molar-refractivity contribution in [2.24, 2.45) is 5.73 Å². The molecular formula is C7H12N3O+. The molecule has 0 fully saturated rings. The number of rotatable bonds is 2. The van der Waals surface area contributed by atoms with E-state index in [0.717, 1.165) is 0 Å². The number of nitrogens with one attached hydrogen (secondary N) is 1. The number of carbonyl (C=O) groups excluding carboxylic acids is 1. The molecule has 0 aromatic carbocycles. The summed E-state index contributed by atoms with van der Waals surface area (Å²) in [5, 5.41) is 0. The number of nitrogens with zero attached hydrogens (tertiary/aromatic N) is 1. The van der Waals surface area contributed by atoms with Gasteiger partial charge in [0, 0.05) is 0 Å². The first-order valence-electron chi connectivity index (χ1n) is 3.39. The van der Waals surface area contributed by atoms with Crippen molar-refractivity contribution in [1.29, 1.82) is 0 Å². The van der Waals surface area contributed by atoms with Gasteiger partial charge >= 0.3 is 0 Å². The third-order valence-electron chi connectivity index (χ3n) is 1.79. The number of H-pyrrole nitrogens is 1. The van der Waals surface area contributed by atoms with Crippen LogP contribution in [0.1, 0.15) is 13.8 Å². The summed E-state index contributed by atoms with van der Waals surface area (Å²) in [5.41, 5.74) is 4.54. The molecule has 4 heteroatoms. The topological polar surface area (TPSA) is 62.8 Å². The normalized spacial score (nSPS) is 11.5. The van der Waals surface area contributed by atoms with E-state index in [4.69, 9.17) is 5.73 Å². The molecule has 3 N–H and O–H groups in total. The summed E-state index contributed by atoms with van der Waals surface area (Å²) in [6.07, 6.45) is 5.21. The third-order valence-corrected chi connectivity index (χ3v) is 1.79. The van der Waals surface area contributed by atoms with Crippen molar-refractivity contribution in [2.75, 3.05) is 0 Å². The Bertz CT molecular complexity index is 251. The smallest absolute Gasteiger partial charge is 0.265 e. The number of nitrogens with two attached hydrogens (primary N) is 1. The van der Waals surface area contributed by atoms with Gasteiger partial charge in [-0.05, 0) is 13.8 Å². The summed E-state index contributed by atoms with van der Waals surface area (Å²) in [6.45, 7) is 3.53. The summed E-state index contributed by atoms with van der Waals surface area (Å²) in [4.78, 5) is 13.8. The highest BCUT2D eigenvalue weighted by atomic mass is 16.1. The van der Waals surface area contributed by atoms with Gasteiger partial charge in [0.15, 0.2) is 5.54 Å². The highest BCUT2D eigenvalue weighted by Gasteiger charge is 2.31. The molecule has 1 rings (SSSR count). The Hall–Kier alpha value is -1.32. The Labute approximate surface area is 65.0 Å². The number of primary amides is 1. The number of imidazole rings is 1. The molecule has 11 heavy (non-hydrogen) atoms. The molecular weight excluding hydrogens is 142 g/mol. The molecule has 1 aromatic rings. The maximum absolute atomic E-state index is 10.9. The molecule has 0 unspecified atom stereocenters. The molecule has 0 aliphatic carbocycles. The van der Waals surface area contributed by atoms with Crippen molar-refractivity contribution in [2.45, 2.75) is 19.4 Å². The molecule has 0 aliphatic rings. The lowest BCUT2D eigenvalue weighted by Gasteiger charge is -2.15. The molecule has 0 saturated heterocycles. The fourth-order valence-corrected chi connectivity index (χ4v) is 0.765. The second kappa shape index (κ2) is 2.38. The van der Waals surface area contributed by atoms with Crippen molar-refractivity contribution in [3.8, 4) is 0 Å². The van der Waals surface area contributed by atoms with E-state index in [1.165, 1.54) is 0 Å². The zero-order valence-electron chi connectivity index (χ0n) is 6.66. The zero-order valence-corrected chi connectivity index (χ0v) is 6.66. The summed E-state index contributed by atoms with van der Waals surface area (Å²) in [5.74, 6) is -0.345. The van der Waals surface area contributed by atoms with Crippen LogP contribution in [0, 0.1) is 0 Å². The second-order valence-corrected chi connectivity index (χ2v) is 2.94. The van der Waals surface area contributed by atoms with E-state index in [2.05, 4.69) is 4.98 Å². The fraction of sp³-hybridized carbons (Fsp3) is 0.429. The fourth-order valence-electron chi connectivity index (χ4n) is 0.765. The third kappa shape index (κ3) is 1.24. The Morgan fingerprint density at radius 3 is 2.64 bits per heavy atom. The molecule has 0 bridgehead atoms. The molecule has 4 nitrogen and oxygen atoms in total. The first kappa shape index (κ1) is 7.78. The van der Waals surface area contributed by atoms with E-state index in [-0.39, 0.29) is 5.91 Å². The van der Waals surface area contributed by atoms with Crippen molar-refractivity contribution < 1.29 is 9.36 Å². The number of aromatic nitrogens is 2. The van der Waals surface area contributed by atoms with Crippen LogP contribution in [0.2, 0.25) is 0 Å². The van der Waals surface area contributed by atoms with Crippen molar-refractivity contribution >= 4 is 5.91 Å². The predicted octanol–water partition coefficient (Wildman–Crippen LogP) is -0.477. The van der Waals surface area contributed by atoms with Crippen LogP contribution in [-0.4, -0.2) is 10.9 Å². The van der Waals surface area contributed by atoms with Crippen LogP contribution in [0.15, 0.2) is 18.7 Å². The van der Waals surface area contributed by atoms with Crippen LogP contribution in [0.5, 0.6) is 0 Å². The number of aromatic amines is 1. The van der Waals surface area contributed by atoms with E-state index in [0.29, 0.717) is 0 Å². The Morgan fingerprint density at radius 1 is 1.64 bits per heavy atom. The molecule has 1 aromatic heterocycles. The van der Waals surface area contributed by atoms with Crippen LogP contribution in [0.3, 0.4) is 0 Å². The van der Waals surface area contributed by atoms with E-state index in [1.54, 1.807) is 37.1 Å². The highest BCUT2D eigenvalue weighted by molar-refractivity contribution is 5.79. The van der Waals surface area contributed by atoms with Crippen molar-refractivity contribution in [3.63, 3.8) is 0 Å². The van der Waals surface area contributed by atoms with Crippen molar-refractivity contribution in [1.82, 2.24) is 4.98 Å². The summed E-state index contributed by atoms with van der Waals surface area (Å²) in [6, 6.07) is 0. The predicted molar refractivity (Wildman–Crippen MR) is 39.5 cm³/mol. The van der Waals surface area contributed by atoms with Gasteiger partial charge in [0.25, 0.3) is 5.91 Å². The van der Waals surface area contributed by atoms with Crippen LogP contribution >= 0.6 is 0 Å². The Morgan fingerprint density at radius 2 is 2.27 bits per heavy atom. The lowest BCUT2D eigenvalue weighted by Crippen LogP contribution is -2.58. The van der Waals surface area contributed by atoms with Crippen molar-refractivity contribution in [3.05, 3.63) is 18.7 Å². The average molecular weight is 154 g/mol. The maximum Gasteiger partial charge on any atom is 0.265 e. The number of carbonyl (C=O) groups is 1.